The molecule has 17 heavy (non-hydrogen) atoms. The van der Waals surface area contributed by atoms with E-state index in [1.807, 2.05) is 6.07 Å². The van der Waals surface area contributed by atoms with Crippen LogP contribution in [0.15, 0.2) is 18.5 Å². The van der Waals surface area contributed by atoms with Crippen molar-refractivity contribution in [3.63, 3.8) is 0 Å². The molecule has 0 fully saturated rings. The van der Waals surface area contributed by atoms with E-state index in [2.05, 4.69) is 17.3 Å². The van der Waals surface area contributed by atoms with Crippen LogP contribution in [0.5, 0.6) is 5.75 Å². The SMILES string of the molecule is CCCCNc1cc(O)c2c(C#N)cnn2c1. The zero-order chi connectivity index (χ0) is 12.3. The fourth-order valence-electron chi connectivity index (χ4n) is 1.69. The number of hydrogen-bond donors (Lipinski definition) is 2. The van der Waals surface area contributed by atoms with E-state index in [-0.39, 0.29) is 5.75 Å². The Balaban J connectivity index is 2.33. The van der Waals surface area contributed by atoms with Gasteiger partial charge < -0.3 is 10.4 Å². The summed E-state index contributed by atoms with van der Waals surface area (Å²) in [5.74, 6) is 0.0700. The van der Waals surface area contributed by atoms with Gasteiger partial charge in [0.1, 0.15) is 22.9 Å². The van der Waals surface area contributed by atoms with E-state index in [1.54, 1.807) is 12.3 Å². The molecule has 2 N–H and O–H groups in total. The van der Waals surface area contributed by atoms with Crippen LogP contribution in [0.25, 0.3) is 5.52 Å². The molecule has 0 unspecified atom stereocenters. The highest BCUT2D eigenvalue weighted by atomic mass is 16.3. The number of rotatable bonds is 4. The first-order valence-corrected chi connectivity index (χ1v) is 5.60. The first kappa shape index (κ1) is 11.3. The smallest absolute Gasteiger partial charge is 0.144 e. The van der Waals surface area contributed by atoms with Crippen LogP contribution >= 0.6 is 0 Å². The van der Waals surface area contributed by atoms with E-state index in [4.69, 9.17) is 5.26 Å². The van der Waals surface area contributed by atoms with E-state index in [1.165, 1.54) is 10.7 Å². The van der Waals surface area contributed by atoms with Gasteiger partial charge in [0.15, 0.2) is 0 Å². The molecule has 0 radical (unpaired) electrons. The molecule has 2 aromatic rings. The fraction of sp³-hybridized carbons (Fsp3) is 0.333. The lowest BCUT2D eigenvalue weighted by atomic mass is 10.2. The third-order valence-corrected chi connectivity index (χ3v) is 2.57. The second-order valence-corrected chi connectivity index (χ2v) is 3.86. The molecule has 0 aromatic carbocycles. The Hall–Kier alpha value is -2.22. The predicted octanol–water partition coefficient (Wildman–Crippen LogP) is 2.12. The summed E-state index contributed by atoms with van der Waals surface area (Å²) in [6, 6.07) is 3.62. The van der Waals surface area contributed by atoms with Crippen molar-refractivity contribution in [1.82, 2.24) is 9.61 Å². The fourth-order valence-corrected chi connectivity index (χ4v) is 1.69. The molecule has 0 saturated heterocycles. The van der Waals surface area contributed by atoms with Crippen LogP contribution in [0, 0.1) is 11.3 Å². The van der Waals surface area contributed by atoms with Crippen molar-refractivity contribution in [3.8, 4) is 11.8 Å². The molecule has 2 rings (SSSR count). The zero-order valence-corrected chi connectivity index (χ0v) is 9.64. The number of aromatic hydroxyl groups is 1. The minimum absolute atomic E-state index is 0.0700. The van der Waals surface area contributed by atoms with Crippen molar-refractivity contribution in [1.29, 1.82) is 5.26 Å². The maximum absolute atomic E-state index is 9.86. The van der Waals surface area contributed by atoms with Gasteiger partial charge in [-0.15, -0.1) is 0 Å². The molecule has 0 amide bonds. The Labute approximate surface area is 99.3 Å². The minimum Gasteiger partial charge on any atom is -0.506 e. The highest BCUT2D eigenvalue weighted by Gasteiger charge is 2.09. The maximum atomic E-state index is 9.86. The first-order chi connectivity index (χ1) is 8.26. The Morgan fingerprint density at radius 2 is 2.41 bits per heavy atom. The van der Waals surface area contributed by atoms with Gasteiger partial charge in [0, 0.05) is 12.6 Å². The number of nitrogens with zero attached hydrogens (tertiary/aromatic N) is 3. The standard InChI is InChI=1S/C12H14N4O/c1-2-3-4-14-10-5-11(17)12-9(6-13)7-15-16(12)8-10/h5,7-8,14,17H,2-4H2,1H3. The van der Waals surface area contributed by atoms with Crippen molar-refractivity contribution < 1.29 is 5.11 Å². The van der Waals surface area contributed by atoms with Crippen LogP contribution in [-0.2, 0) is 0 Å². The summed E-state index contributed by atoms with van der Waals surface area (Å²) in [6.45, 7) is 2.98. The Morgan fingerprint density at radius 3 is 3.12 bits per heavy atom. The van der Waals surface area contributed by atoms with Crippen LogP contribution in [0.3, 0.4) is 0 Å². The van der Waals surface area contributed by atoms with Gasteiger partial charge in [-0.25, -0.2) is 4.52 Å². The van der Waals surface area contributed by atoms with Crippen molar-refractivity contribution in [2.75, 3.05) is 11.9 Å². The quantitative estimate of drug-likeness (QED) is 0.789. The van der Waals surface area contributed by atoms with E-state index in [0.29, 0.717) is 11.1 Å². The molecular weight excluding hydrogens is 216 g/mol. The summed E-state index contributed by atoms with van der Waals surface area (Å²) >= 11 is 0. The van der Waals surface area contributed by atoms with Crippen molar-refractivity contribution in [3.05, 3.63) is 24.0 Å². The Kier molecular flexibility index (Phi) is 3.15. The van der Waals surface area contributed by atoms with Gasteiger partial charge in [-0.1, -0.05) is 13.3 Å². The van der Waals surface area contributed by atoms with Crippen LogP contribution in [0.4, 0.5) is 5.69 Å². The van der Waals surface area contributed by atoms with Gasteiger partial charge in [0.2, 0.25) is 0 Å². The number of anilines is 1. The number of aromatic nitrogens is 2. The van der Waals surface area contributed by atoms with Crippen LogP contribution in [0.1, 0.15) is 25.3 Å². The second kappa shape index (κ2) is 4.74. The minimum atomic E-state index is 0.0700. The summed E-state index contributed by atoms with van der Waals surface area (Å²) in [6.07, 6.45) is 5.40. The third kappa shape index (κ3) is 2.16. The highest BCUT2D eigenvalue weighted by Crippen LogP contribution is 2.25. The van der Waals surface area contributed by atoms with Crippen LogP contribution in [0.2, 0.25) is 0 Å². The summed E-state index contributed by atoms with van der Waals surface area (Å²) in [5.41, 5.74) is 1.63. The van der Waals surface area contributed by atoms with Crippen molar-refractivity contribution in [2.24, 2.45) is 0 Å². The molecule has 2 aromatic heterocycles. The Bertz CT molecular complexity index is 568. The molecule has 88 valence electrons. The molecule has 2 heterocycles. The largest absolute Gasteiger partial charge is 0.506 e. The lowest BCUT2D eigenvalue weighted by Gasteiger charge is -2.07. The first-order valence-electron chi connectivity index (χ1n) is 5.60. The average molecular weight is 230 g/mol. The molecule has 0 spiro atoms. The van der Waals surface area contributed by atoms with Gasteiger partial charge in [-0.3, -0.25) is 0 Å². The molecule has 0 atom stereocenters. The highest BCUT2D eigenvalue weighted by molar-refractivity contribution is 5.71. The molecule has 0 aliphatic rings. The molecule has 0 aliphatic carbocycles. The molecular formula is C12H14N4O. The zero-order valence-electron chi connectivity index (χ0n) is 9.64. The van der Waals surface area contributed by atoms with E-state index in [9.17, 15) is 5.11 Å². The summed E-state index contributed by atoms with van der Waals surface area (Å²) in [7, 11) is 0. The van der Waals surface area contributed by atoms with E-state index < -0.39 is 0 Å². The van der Waals surface area contributed by atoms with Gasteiger partial charge in [0.25, 0.3) is 0 Å². The summed E-state index contributed by atoms with van der Waals surface area (Å²) < 4.78 is 1.52. The molecule has 5 nitrogen and oxygen atoms in total. The predicted molar refractivity (Wildman–Crippen MR) is 65.0 cm³/mol. The molecule has 0 saturated carbocycles. The lowest BCUT2D eigenvalue weighted by molar-refractivity contribution is 0.478. The third-order valence-electron chi connectivity index (χ3n) is 2.57. The van der Waals surface area contributed by atoms with Gasteiger partial charge in [-0.2, -0.15) is 10.4 Å². The van der Waals surface area contributed by atoms with Gasteiger partial charge in [0.05, 0.1) is 18.1 Å². The Morgan fingerprint density at radius 1 is 1.59 bits per heavy atom. The van der Waals surface area contributed by atoms with E-state index in [0.717, 1.165) is 25.1 Å². The number of pyridine rings is 1. The lowest BCUT2D eigenvalue weighted by Crippen LogP contribution is -2.02. The summed E-state index contributed by atoms with van der Waals surface area (Å²) in [4.78, 5) is 0. The van der Waals surface area contributed by atoms with Gasteiger partial charge in [-0.05, 0) is 6.42 Å². The van der Waals surface area contributed by atoms with Crippen molar-refractivity contribution in [2.45, 2.75) is 19.8 Å². The van der Waals surface area contributed by atoms with Gasteiger partial charge >= 0.3 is 0 Å². The number of nitrogens with one attached hydrogen (secondary N) is 1. The monoisotopic (exact) mass is 230 g/mol. The number of unbranched alkanes of at least 4 members (excludes halogenated alkanes) is 1. The van der Waals surface area contributed by atoms with Crippen molar-refractivity contribution >= 4 is 11.2 Å². The number of fused-ring (bicyclic) bond motifs is 1. The topological polar surface area (TPSA) is 73.3 Å². The molecule has 0 bridgehead atoms. The molecule has 5 heteroatoms. The van der Waals surface area contributed by atoms with Crippen LogP contribution in [-0.4, -0.2) is 21.3 Å². The normalized spacial score (nSPS) is 10.4. The van der Waals surface area contributed by atoms with Crippen LogP contribution < -0.4 is 5.32 Å². The van der Waals surface area contributed by atoms with E-state index >= 15 is 0 Å². The molecule has 0 aliphatic heterocycles. The average Bonchev–Trinajstić information content (AvgIpc) is 2.73. The number of hydrogen-bond acceptors (Lipinski definition) is 4. The second-order valence-electron chi connectivity index (χ2n) is 3.86. The number of nitriles is 1. The maximum Gasteiger partial charge on any atom is 0.144 e. The summed E-state index contributed by atoms with van der Waals surface area (Å²) in [5, 5.41) is 26.0.